The fourth-order valence-corrected chi connectivity index (χ4v) is 3.64. The molecule has 1 fully saturated rings. The van der Waals surface area contributed by atoms with Crippen LogP contribution in [-0.4, -0.2) is 11.2 Å². The summed E-state index contributed by atoms with van der Waals surface area (Å²) >= 11 is 0. The Morgan fingerprint density at radius 1 is 1.04 bits per heavy atom. The molecule has 0 aliphatic heterocycles. The van der Waals surface area contributed by atoms with Crippen LogP contribution < -0.4 is 4.74 Å². The van der Waals surface area contributed by atoms with Gasteiger partial charge in [0.2, 0.25) is 0 Å². The van der Waals surface area contributed by atoms with Gasteiger partial charge in [0.15, 0.2) is 0 Å². The molecule has 134 valence electrons. The average molecular weight is 338 g/mol. The van der Waals surface area contributed by atoms with Gasteiger partial charge in [-0.2, -0.15) is 0 Å². The zero-order chi connectivity index (χ0) is 17.9. The number of hydrogen-bond donors (Lipinski definition) is 1. The number of aliphatic hydroxyl groups is 1. The van der Waals surface area contributed by atoms with E-state index in [1.54, 1.807) is 0 Å². The summed E-state index contributed by atoms with van der Waals surface area (Å²) in [6.07, 6.45) is 3.81. The maximum absolute atomic E-state index is 10.1. The lowest BCUT2D eigenvalue weighted by Gasteiger charge is -2.29. The molecule has 0 saturated heterocycles. The Hall–Kier alpha value is -1.80. The van der Waals surface area contributed by atoms with Crippen molar-refractivity contribution in [3.8, 4) is 5.75 Å². The molecule has 1 aliphatic carbocycles. The molecule has 0 radical (unpaired) electrons. The van der Waals surface area contributed by atoms with E-state index in [1.807, 2.05) is 18.2 Å². The zero-order valence-corrected chi connectivity index (χ0v) is 15.7. The first-order valence-corrected chi connectivity index (χ1v) is 9.42. The van der Waals surface area contributed by atoms with Crippen LogP contribution in [0.2, 0.25) is 0 Å². The van der Waals surface area contributed by atoms with Crippen LogP contribution in [0.4, 0.5) is 0 Å². The number of benzene rings is 2. The van der Waals surface area contributed by atoms with E-state index in [2.05, 4.69) is 51.1 Å². The number of rotatable bonds is 4. The first-order valence-electron chi connectivity index (χ1n) is 9.42. The SMILES string of the molecule is CC(C)(C)c1ccc([C@@H]2CCC[C@@H](O)C2)c(OCc2ccccc2)c1. The van der Waals surface area contributed by atoms with Crippen molar-refractivity contribution in [3.05, 3.63) is 65.2 Å². The lowest BCUT2D eigenvalue weighted by Crippen LogP contribution is -2.19. The first kappa shape index (κ1) is 18.0. The minimum absolute atomic E-state index is 0.0927. The van der Waals surface area contributed by atoms with E-state index in [4.69, 9.17) is 4.74 Å². The molecule has 0 unspecified atom stereocenters. The molecule has 1 saturated carbocycles. The summed E-state index contributed by atoms with van der Waals surface area (Å²) in [7, 11) is 0. The van der Waals surface area contributed by atoms with Crippen LogP contribution in [0.5, 0.6) is 5.75 Å². The molecule has 25 heavy (non-hydrogen) atoms. The third kappa shape index (κ3) is 4.64. The van der Waals surface area contributed by atoms with Crippen molar-refractivity contribution in [2.75, 3.05) is 0 Å². The molecule has 2 aromatic carbocycles. The van der Waals surface area contributed by atoms with Crippen molar-refractivity contribution in [3.63, 3.8) is 0 Å². The molecular weight excluding hydrogens is 308 g/mol. The Labute approximate surface area is 151 Å². The molecule has 2 atom stereocenters. The van der Waals surface area contributed by atoms with Crippen LogP contribution in [0.1, 0.15) is 69.1 Å². The number of ether oxygens (including phenoxy) is 1. The van der Waals surface area contributed by atoms with Gasteiger partial charge in [-0.25, -0.2) is 0 Å². The molecule has 0 heterocycles. The molecule has 0 amide bonds. The molecule has 0 aromatic heterocycles. The van der Waals surface area contributed by atoms with Gasteiger partial charge in [0, 0.05) is 0 Å². The van der Waals surface area contributed by atoms with Gasteiger partial charge in [0.1, 0.15) is 12.4 Å². The van der Waals surface area contributed by atoms with Gasteiger partial charge in [-0.3, -0.25) is 0 Å². The van der Waals surface area contributed by atoms with Gasteiger partial charge < -0.3 is 9.84 Å². The zero-order valence-electron chi connectivity index (χ0n) is 15.7. The fourth-order valence-electron chi connectivity index (χ4n) is 3.64. The predicted octanol–water partition coefficient (Wildman–Crippen LogP) is 5.58. The van der Waals surface area contributed by atoms with Gasteiger partial charge in [-0.1, -0.05) is 69.7 Å². The molecule has 0 bridgehead atoms. The smallest absolute Gasteiger partial charge is 0.123 e. The third-order valence-electron chi connectivity index (χ3n) is 5.20. The van der Waals surface area contributed by atoms with Crippen molar-refractivity contribution in [2.45, 2.75) is 70.5 Å². The molecule has 2 aromatic rings. The Morgan fingerprint density at radius 3 is 2.48 bits per heavy atom. The van der Waals surface area contributed by atoms with Crippen LogP contribution >= 0.6 is 0 Å². The van der Waals surface area contributed by atoms with Crippen molar-refractivity contribution < 1.29 is 9.84 Å². The van der Waals surface area contributed by atoms with Crippen molar-refractivity contribution in [2.24, 2.45) is 0 Å². The van der Waals surface area contributed by atoms with Gasteiger partial charge in [0.25, 0.3) is 0 Å². The summed E-state index contributed by atoms with van der Waals surface area (Å²) in [6.45, 7) is 7.27. The molecule has 1 N–H and O–H groups in total. The average Bonchev–Trinajstić information content (AvgIpc) is 2.60. The largest absolute Gasteiger partial charge is 0.489 e. The third-order valence-corrected chi connectivity index (χ3v) is 5.20. The van der Waals surface area contributed by atoms with Gasteiger partial charge >= 0.3 is 0 Å². The maximum atomic E-state index is 10.1. The highest BCUT2D eigenvalue weighted by Crippen LogP contribution is 2.39. The topological polar surface area (TPSA) is 29.5 Å². The summed E-state index contributed by atoms with van der Waals surface area (Å²) in [5.41, 5.74) is 3.81. The summed E-state index contributed by atoms with van der Waals surface area (Å²) < 4.78 is 6.27. The summed E-state index contributed by atoms with van der Waals surface area (Å²) in [6, 6.07) is 17.0. The molecule has 0 spiro atoms. The summed E-state index contributed by atoms with van der Waals surface area (Å²) in [4.78, 5) is 0. The Balaban J connectivity index is 1.87. The normalized spacial score (nSPS) is 21.1. The van der Waals surface area contributed by atoms with E-state index in [0.29, 0.717) is 12.5 Å². The second-order valence-corrected chi connectivity index (χ2v) is 8.29. The van der Waals surface area contributed by atoms with E-state index in [0.717, 1.165) is 31.4 Å². The molecule has 2 nitrogen and oxygen atoms in total. The molecule has 2 heteroatoms. The Bertz CT molecular complexity index is 685. The van der Waals surface area contributed by atoms with Gasteiger partial charge in [0.05, 0.1) is 6.10 Å². The van der Waals surface area contributed by atoms with E-state index < -0.39 is 0 Å². The van der Waals surface area contributed by atoms with E-state index >= 15 is 0 Å². The highest BCUT2D eigenvalue weighted by molar-refractivity contribution is 5.42. The highest BCUT2D eigenvalue weighted by Gasteiger charge is 2.25. The lowest BCUT2D eigenvalue weighted by atomic mass is 9.80. The first-order chi connectivity index (χ1) is 11.9. The van der Waals surface area contributed by atoms with Crippen LogP contribution in [-0.2, 0) is 12.0 Å². The van der Waals surface area contributed by atoms with Crippen LogP contribution in [0.25, 0.3) is 0 Å². The van der Waals surface area contributed by atoms with Crippen LogP contribution in [0.3, 0.4) is 0 Å². The second-order valence-electron chi connectivity index (χ2n) is 8.29. The van der Waals surface area contributed by atoms with Crippen LogP contribution in [0, 0.1) is 0 Å². The highest BCUT2D eigenvalue weighted by atomic mass is 16.5. The minimum atomic E-state index is -0.178. The number of hydrogen-bond acceptors (Lipinski definition) is 2. The molecule has 1 aliphatic rings. The molecule has 3 rings (SSSR count). The van der Waals surface area contributed by atoms with E-state index in [1.165, 1.54) is 16.7 Å². The van der Waals surface area contributed by atoms with Gasteiger partial charge in [-0.15, -0.1) is 0 Å². The monoisotopic (exact) mass is 338 g/mol. The van der Waals surface area contributed by atoms with Crippen molar-refractivity contribution >= 4 is 0 Å². The summed E-state index contributed by atoms with van der Waals surface area (Å²) in [5.74, 6) is 1.37. The van der Waals surface area contributed by atoms with Crippen LogP contribution in [0.15, 0.2) is 48.5 Å². The standard InChI is InChI=1S/C23H30O2/c1-23(2,3)19-12-13-21(18-10-7-11-20(24)14-18)22(15-19)25-16-17-8-5-4-6-9-17/h4-6,8-9,12-13,15,18,20,24H,7,10-11,14,16H2,1-3H3/t18-,20-/m1/s1. The summed E-state index contributed by atoms with van der Waals surface area (Å²) in [5, 5.41) is 10.1. The van der Waals surface area contributed by atoms with Crippen molar-refractivity contribution in [1.29, 1.82) is 0 Å². The maximum Gasteiger partial charge on any atom is 0.123 e. The van der Waals surface area contributed by atoms with Crippen molar-refractivity contribution in [1.82, 2.24) is 0 Å². The predicted molar refractivity (Wildman–Crippen MR) is 103 cm³/mol. The lowest BCUT2D eigenvalue weighted by molar-refractivity contribution is 0.118. The van der Waals surface area contributed by atoms with E-state index in [-0.39, 0.29) is 11.5 Å². The quantitative estimate of drug-likeness (QED) is 0.788. The Morgan fingerprint density at radius 2 is 1.80 bits per heavy atom. The molecular formula is C23H30O2. The number of aliphatic hydroxyl groups excluding tert-OH is 1. The van der Waals surface area contributed by atoms with Gasteiger partial charge in [-0.05, 0) is 53.4 Å². The fraction of sp³-hybridized carbons (Fsp3) is 0.478. The van der Waals surface area contributed by atoms with E-state index in [9.17, 15) is 5.11 Å². The minimum Gasteiger partial charge on any atom is -0.489 e. The Kier molecular flexibility index (Phi) is 5.48. The second kappa shape index (κ2) is 7.61.